The van der Waals surface area contributed by atoms with Crippen molar-refractivity contribution in [2.45, 2.75) is 118 Å². The van der Waals surface area contributed by atoms with E-state index in [1.54, 1.807) is 27.7 Å². The Hall–Kier alpha value is -1.24. The van der Waals surface area contributed by atoms with Crippen LogP contribution in [0.3, 0.4) is 0 Å². The molecule has 0 aromatic heterocycles. The zero-order chi connectivity index (χ0) is 28.6. The summed E-state index contributed by atoms with van der Waals surface area (Å²) in [5.74, 6) is 0.390. The molecule has 0 unspecified atom stereocenters. The summed E-state index contributed by atoms with van der Waals surface area (Å²) in [6.45, 7) is 18.0. The van der Waals surface area contributed by atoms with Gasteiger partial charge in [0.1, 0.15) is 0 Å². The average molecular weight is 616 g/mol. The molecule has 4 rings (SSSR count). The monoisotopic (exact) mass is 614 g/mol. The van der Waals surface area contributed by atoms with Gasteiger partial charge in [-0.3, -0.25) is 9.80 Å². The first-order valence-corrected chi connectivity index (χ1v) is 14.1. The van der Waals surface area contributed by atoms with Gasteiger partial charge in [0.2, 0.25) is 0 Å². The van der Waals surface area contributed by atoms with Crippen molar-refractivity contribution in [3.8, 4) is 11.5 Å². The molecular weight excluding hydrogens is 568 g/mol. The minimum atomic E-state index is -0.417. The van der Waals surface area contributed by atoms with Gasteiger partial charge in [-0.25, -0.2) is 0 Å². The third-order valence-electron chi connectivity index (χ3n) is 7.01. The van der Waals surface area contributed by atoms with Gasteiger partial charge in [0.05, 0.1) is 0 Å². The molecule has 6 nitrogen and oxygen atoms in total. The van der Waals surface area contributed by atoms with Crippen LogP contribution in [0.25, 0.3) is 0 Å². The van der Waals surface area contributed by atoms with Crippen molar-refractivity contribution >= 4 is 0 Å². The van der Waals surface area contributed by atoms with Gasteiger partial charge in [-0.2, -0.15) is 0 Å². The first-order chi connectivity index (χ1) is 17.8. The number of nitrogens with zero attached hydrogens (tertiary/aromatic N) is 2. The van der Waals surface area contributed by atoms with E-state index >= 15 is 0 Å². The Kier molecular flexibility index (Phi) is 15.5. The summed E-state index contributed by atoms with van der Waals surface area (Å²) in [4.78, 5) is 5.05. The molecule has 2 saturated heterocycles. The van der Waals surface area contributed by atoms with Crippen LogP contribution >= 0.6 is 0 Å². The van der Waals surface area contributed by atoms with Gasteiger partial charge in [-0.15, -0.1) is 23.7 Å². The number of likely N-dealkylation sites (tertiary alicyclic amines) is 2. The quantitative estimate of drug-likeness (QED) is 0.513. The topological polar surface area (TPSA) is 98.7 Å². The van der Waals surface area contributed by atoms with Gasteiger partial charge < -0.3 is 20.4 Å². The van der Waals surface area contributed by atoms with Crippen LogP contribution in [0, 0.1) is 27.7 Å². The predicted octanol–water partition coefficient (Wildman–Crippen LogP) is 3.20. The molecule has 214 valence electrons. The van der Waals surface area contributed by atoms with Gasteiger partial charge in [0, 0.05) is 25.2 Å². The molecule has 0 aliphatic carbocycles. The fraction of sp³-hybridized carbons (Fsp3) is 0.625. The van der Waals surface area contributed by atoms with E-state index in [2.05, 4.69) is 35.8 Å². The zero-order valence-corrected chi connectivity index (χ0v) is 27.8. The number of rotatable bonds is 5. The molecule has 0 N–H and O–H groups in total. The van der Waals surface area contributed by atoms with E-state index in [0.717, 1.165) is 59.6 Å². The Morgan fingerprint density at radius 2 is 0.974 bits per heavy atom. The summed E-state index contributed by atoms with van der Waals surface area (Å²) < 4.78 is 0. The van der Waals surface area contributed by atoms with Gasteiger partial charge in [-0.1, -0.05) is 74.2 Å². The summed E-state index contributed by atoms with van der Waals surface area (Å²) in [7, 11) is 0. The Morgan fingerprint density at radius 3 is 1.28 bits per heavy atom. The number of hydrogen-bond acceptors (Lipinski definition) is 6. The van der Waals surface area contributed by atoms with Crippen LogP contribution in [-0.4, -0.2) is 47.2 Å². The van der Waals surface area contributed by atoms with Crippen LogP contribution in [0.1, 0.15) is 86.8 Å². The van der Waals surface area contributed by atoms with Gasteiger partial charge in [0.15, 0.2) is 0 Å². The van der Waals surface area contributed by atoms with Crippen molar-refractivity contribution in [1.29, 1.82) is 0 Å². The first-order valence-electron chi connectivity index (χ1n) is 14.1. The Morgan fingerprint density at radius 1 is 0.667 bits per heavy atom. The molecule has 0 amide bonds. The van der Waals surface area contributed by atoms with Gasteiger partial charge >= 0.3 is 26.2 Å². The molecule has 2 heterocycles. The molecule has 2 fully saturated rings. The largest absolute Gasteiger partial charge is 4.00 e. The fourth-order valence-corrected chi connectivity index (χ4v) is 5.73. The molecule has 2 aliphatic heterocycles. The van der Waals surface area contributed by atoms with E-state index in [0.29, 0.717) is 12.1 Å². The van der Waals surface area contributed by atoms with Crippen LogP contribution in [0.5, 0.6) is 11.5 Å². The Bertz CT molecular complexity index is 941. The zero-order valence-electron chi connectivity index (χ0n) is 25.3. The van der Waals surface area contributed by atoms with Gasteiger partial charge in [-0.05, 0) is 77.6 Å². The smallest absolute Gasteiger partial charge is 0.872 e. The van der Waals surface area contributed by atoms with Crippen molar-refractivity contribution in [3.63, 3.8) is 0 Å². The second kappa shape index (κ2) is 16.9. The number of hydrogen-bond donors (Lipinski definition) is 0. The number of aryl methyl sites for hydroxylation is 4. The van der Waals surface area contributed by atoms with E-state index in [9.17, 15) is 20.4 Å². The number of benzene rings is 2. The molecule has 0 bridgehead atoms. The molecule has 2 aromatic carbocycles. The summed E-state index contributed by atoms with van der Waals surface area (Å²) in [5.41, 5.74) is 5.89. The molecule has 39 heavy (non-hydrogen) atoms. The average Bonchev–Trinajstić information content (AvgIpc) is 3.43. The standard InChI is InChI=1S/C26H36N2O2.2C3H7O.Zr/c1-17-11-19(3)25(29)21(13-17)15-27-9-5-7-23(27)24-8-6-10-28(24)16-22-14-18(2)12-20(4)26(22)30;2*1-3(2)4;/h11-14,23-24,29-30H,5-10,15-16H2,1-4H3;2*3H,1-2H3;/q;2*-1;+4/p-2/t23-,24+;;;. The minimum absolute atomic E-state index is 0. The van der Waals surface area contributed by atoms with Crippen molar-refractivity contribution in [2.24, 2.45) is 0 Å². The molecule has 0 spiro atoms. The third-order valence-corrected chi connectivity index (χ3v) is 7.01. The van der Waals surface area contributed by atoms with Crippen molar-refractivity contribution in [3.05, 3.63) is 57.6 Å². The van der Waals surface area contributed by atoms with Crippen molar-refractivity contribution in [2.75, 3.05) is 13.1 Å². The molecule has 2 aromatic rings. The van der Waals surface area contributed by atoms with Crippen LogP contribution in [-0.2, 0) is 39.3 Å². The fourth-order valence-electron chi connectivity index (χ4n) is 5.73. The summed E-state index contributed by atoms with van der Waals surface area (Å²) in [6, 6.07) is 9.03. The van der Waals surface area contributed by atoms with E-state index in [4.69, 9.17) is 0 Å². The molecule has 2 atom stereocenters. The maximum Gasteiger partial charge on any atom is 4.00 e. The second-order valence-electron chi connectivity index (χ2n) is 11.6. The summed E-state index contributed by atoms with van der Waals surface area (Å²) in [5, 5.41) is 44.4. The second-order valence-corrected chi connectivity index (χ2v) is 11.6. The molecule has 0 radical (unpaired) electrons. The van der Waals surface area contributed by atoms with Crippen molar-refractivity contribution in [1.82, 2.24) is 9.80 Å². The molecule has 7 heteroatoms. The first kappa shape index (κ1) is 35.8. The van der Waals surface area contributed by atoms with Gasteiger partial charge in [0.25, 0.3) is 0 Å². The van der Waals surface area contributed by atoms with Crippen LogP contribution in [0.2, 0.25) is 0 Å². The molecule has 2 aliphatic rings. The Balaban J connectivity index is 0.000000748. The van der Waals surface area contributed by atoms with Crippen LogP contribution < -0.4 is 20.4 Å². The van der Waals surface area contributed by atoms with Crippen LogP contribution in [0.15, 0.2) is 24.3 Å². The SMILES string of the molecule is CC(C)[O-].CC(C)[O-].Cc1cc(C)c([O-])c(CN2CCC[C@@H]2[C@@H]2CCCN2Cc2cc(C)cc(C)c2[O-])c1.[Zr+4]. The van der Waals surface area contributed by atoms with Crippen LogP contribution in [0.4, 0.5) is 0 Å². The van der Waals surface area contributed by atoms with E-state index in [1.807, 2.05) is 26.0 Å². The predicted molar refractivity (Wildman–Crippen MR) is 148 cm³/mol. The van der Waals surface area contributed by atoms with E-state index < -0.39 is 12.2 Å². The maximum atomic E-state index is 12.7. The third kappa shape index (κ3) is 11.3. The summed E-state index contributed by atoms with van der Waals surface area (Å²) in [6.07, 6.45) is 3.89. The van der Waals surface area contributed by atoms with Crippen molar-refractivity contribution < 1.29 is 46.6 Å². The van der Waals surface area contributed by atoms with E-state index in [-0.39, 0.29) is 37.7 Å². The maximum absolute atomic E-state index is 12.7. The minimum Gasteiger partial charge on any atom is -0.872 e. The summed E-state index contributed by atoms with van der Waals surface area (Å²) >= 11 is 0. The normalized spacial score (nSPS) is 19.4. The molecule has 0 saturated carbocycles. The molecular formula is C32H48N2O4Zr. The Labute approximate surface area is 256 Å². The van der Waals surface area contributed by atoms with E-state index in [1.165, 1.54) is 25.7 Å².